The van der Waals surface area contributed by atoms with Gasteiger partial charge in [0.25, 0.3) is 0 Å². The number of amides is 1. The molecule has 1 aliphatic rings. The van der Waals surface area contributed by atoms with E-state index in [-0.39, 0.29) is 5.91 Å². The van der Waals surface area contributed by atoms with Gasteiger partial charge < -0.3 is 5.32 Å². The van der Waals surface area contributed by atoms with Crippen LogP contribution in [-0.2, 0) is 4.79 Å². The summed E-state index contributed by atoms with van der Waals surface area (Å²) in [5, 5.41) is 3.07. The van der Waals surface area contributed by atoms with Gasteiger partial charge in [-0.25, -0.2) is 0 Å². The second-order valence-corrected chi connectivity index (χ2v) is 6.27. The zero-order chi connectivity index (χ0) is 14.5. The molecule has 0 spiro atoms. The Kier molecular flexibility index (Phi) is 5.18. The van der Waals surface area contributed by atoms with Gasteiger partial charge in [0, 0.05) is 12.2 Å². The molecule has 1 aromatic carbocycles. The van der Waals surface area contributed by atoms with Crippen LogP contribution in [0.5, 0.6) is 0 Å². The Labute approximate surface area is 122 Å². The summed E-state index contributed by atoms with van der Waals surface area (Å²) < 4.78 is 0. The predicted octanol–water partition coefficient (Wildman–Crippen LogP) is 3.48. The highest BCUT2D eigenvalue weighted by atomic mass is 16.2. The number of anilines is 1. The van der Waals surface area contributed by atoms with Crippen molar-refractivity contribution >= 4 is 11.6 Å². The lowest BCUT2D eigenvalue weighted by Gasteiger charge is -2.30. The molecule has 0 aromatic heterocycles. The summed E-state index contributed by atoms with van der Waals surface area (Å²) in [4.78, 5) is 14.5. The minimum atomic E-state index is 0.104. The largest absolute Gasteiger partial charge is 0.325 e. The van der Waals surface area contributed by atoms with Crippen LogP contribution in [0.1, 0.15) is 45.1 Å². The average molecular weight is 274 g/mol. The number of hydrogen-bond acceptors (Lipinski definition) is 2. The van der Waals surface area contributed by atoms with Crippen molar-refractivity contribution in [3.8, 4) is 0 Å². The smallest absolute Gasteiger partial charge is 0.238 e. The first-order chi connectivity index (χ1) is 9.56. The number of piperidine rings is 1. The number of nitrogens with zero attached hydrogens (tertiary/aromatic N) is 1. The van der Waals surface area contributed by atoms with E-state index in [1.165, 1.54) is 18.4 Å². The number of carbonyl (C=O) groups excluding carboxylic acids is 1. The molecule has 1 atom stereocenters. The molecule has 3 nitrogen and oxygen atoms in total. The Hall–Kier alpha value is -1.35. The van der Waals surface area contributed by atoms with E-state index in [9.17, 15) is 4.79 Å². The summed E-state index contributed by atoms with van der Waals surface area (Å²) >= 11 is 0. The minimum Gasteiger partial charge on any atom is -0.325 e. The standard InChI is InChI=1S/C17H26N2O/c1-13(2)15-8-4-5-9-16(15)18-17(20)12-19-10-6-7-14(3)11-19/h4-5,8-9,13-14H,6-7,10-12H2,1-3H3,(H,18,20). The first-order valence-electron chi connectivity index (χ1n) is 7.67. The third kappa shape index (κ3) is 4.07. The van der Waals surface area contributed by atoms with Gasteiger partial charge in [-0.2, -0.15) is 0 Å². The molecule has 110 valence electrons. The number of nitrogens with one attached hydrogen (secondary N) is 1. The molecule has 1 unspecified atom stereocenters. The zero-order valence-electron chi connectivity index (χ0n) is 12.9. The molecular formula is C17H26N2O. The van der Waals surface area contributed by atoms with Crippen LogP contribution >= 0.6 is 0 Å². The first-order valence-corrected chi connectivity index (χ1v) is 7.67. The molecular weight excluding hydrogens is 248 g/mol. The molecule has 1 fully saturated rings. The summed E-state index contributed by atoms with van der Waals surface area (Å²) in [6, 6.07) is 8.08. The van der Waals surface area contributed by atoms with E-state index in [2.05, 4.69) is 37.1 Å². The van der Waals surface area contributed by atoms with Gasteiger partial charge in [-0.3, -0.25) is 9.69 Å². The third-order valence-electron chi connectivity index (χ3n) is 3.97. The van der Waals surface area contributed by atoms with E-state index >= 15 is 0 Å². The number of benzene rings is 1. The number of para-hydroxylation sites is 1. The highest BCUT2D eigenvalue weighted by Crippen LogP contribution is 2.23. The van der Waals surface area contributed by atoms with E-state index in [1.807, 2.05) is 18.2 Å². The Morgan fingerprint density at radius 2 is 2.15 bits per heavy atom. The molecule has 1 saturated heterocycles. The lowest BCUT2D eigenvalue weighted by molar-refractivity contribution is -0.117. The summed E-state index contributed by atoms with van der Waals surface area (Å²) in [6.45, 7) is 9.16. The molecule has 1 aromatic rings. The molecule has 2 rings (SSSR count). The topological polar surface area (TPSA) is 32.3 Å². The molecule has 1 amide bonds. The van der Waals surface area contributed by atoms with Crippen LogP contribution in [-0.4, -0.2) is 30.4 Å². The van der Waals surface area contributed by atoms with Gasteiger partial charge in [0.15, 0.2) is 0 Å². The third-order valence-corrected chi connectivity index (χ3v) is 3.97. The second kappa shape index (κ2) is 6.89. The van der Waals surface area contributed by atoms with Crippen molar-refractivity contribution in [2.45, 2.75) is 39.5 Å². The quantitative estimate of drug-likeness (QED) is 0.911. The van der Waals surface area contributed by atoms with Crippen LogP contribution in [0.25, 0.3) is 0 Å². The number of carbonyl (C=O) groups is 1. The highest BCUT2D eigenvalue weighted by Gasteiger charge is 2.19. The molecule has 3 heteroatoms. The SMILES string of the molecule is CC1CCCN(CC(=O)Nc2ccccc2C(C)C)C1. The van der Waals surface area contributed by atoms with Gasteiger partial charge >= 0.3 is 0 Å². The van der Waals surface area contributed by atoms with Crippen LogP contribution < -0.4 is 5.32 Å². The zero-order valence-corrected chi connectivity index (χ0v) is 12.9. The minimum absolute atomic E-state index is 0.104. The Balaban J connectivity index is 1.94. The van der Waals surface area contributed by atoms with E-state index in [0.29, 0.717) is 18.4 Å². The maximum absolute atomic E-state index is 12.2. The molecule has 0 saturated carbocycles. The summed E-state index contributed by atoms with van der Waals surface area (Å²) in [6.07, 6.45) is 2.49. The molecule has 0 radical (unpaired) electrons. The van der Waals surface area contributed by atoms with E-state index in [4.69, 9.17) is 0 Å². The van der Waals surface area contributed by atoms with Crippen molar-refractivity contribution in [1.82, 2.24) is 4.90 Å². The van der Waals surface area contributed by atoms with Crippen molar-refractivity contribution in [3.05, 3.63) is 29.8 Å². The first kappa shape index (κ1) is 15.0. The molecule has 1 aliphatic heterocycles. The molecule has 0 bridgehead atoms. The van der Waals surface area contributed by atoms with Crippen LogP contribution in [0.2, 0.25) is 0 Å². The van der Waals surface area contributed by atoms with Gasteiger partial charge in [0.05, 0.1) is 6.54 Å². The van der Waals surface area contributed by atoms with Crippen LogP contribution in [0.3, 0.4) is 0 Å². The molecule has 1 N–H and O–H groups in total. The average Bonchev–Trinajstić information content (AvgIpc) is 2.38. The summed E-state index contributed by atoms with van der Waals surface area (Å²) in [7, 11) is 0. The lowest BCUT2D eigenvalue weighted by atomic mass is 10.00. The molecule has 1 heterocycles. The van der Waals surface area contributed by atoms with Crippen LogP contribution in [0.4, 0.5) is 5.69 Å². The maximum atomic E-state index is 12.2. The van der Waals surface area contributed by atoms with Crippen LogP contribution in [0.15, 0.2) is 24.3 Å². The van der Waals surface area contributed by atoms with Gasteiger partial charge in [-0.05, 0) is 42.9 Å². The normalized spacial score (nSPS) is 20.1. The van der Waals surface area contributed by atoms with E-state index in [1.54, 1.807) is 0 Å². The summed E-state index contributed by atoms with van der Waals surface area (Å²) in [5.41, 5.74) is 2.16. The number of hydrogen-bond donors (Lipinski definition) is 1. The van der Waals surface area contributed by atoms with E-state index < -0.39 is 0 Å². The molecule has 20 heavy (non-hydrogen) atoms. The number of likely N-dealkylation sites (tertiary alicyclic amines) is 1. The van der Waals surface area contributed by atoms with Crippen molar-refractivity contribution in [2.75, 3.05) is 25.0 Å². The Morgan fingerprint density at radius 1 is 1.40 bits per heavy atom. The molecule has 0 aliphatic carbocycles. The van der Waals surface area contributed by atoms with Gasteiger partial charge in [-0.1, -0.05) is 39.0 Å². The van der Waals surface area contributed by atoms with Gasteiger partial charge in [0.1, 0.15) is 0 Å². The van der Waals surface area contributed by atoms with Crippen LogP contribution in [0, 0.1) is 5.92 Å². The van der Waals surface area contributed by atoms with E-state index in [0.717, 1.165) is 18.8 Å². The second-order valence-electron chi connectivity index (χ2n) is 6.27. The van der Waals surface area contributed by atoms with Crippen molar-refractivity contribution in [1.29, 1.82) is 0 Å². The van der Waals surface area contributed by atoms with Crippen molar-refractivity contribution in [3.63, 3.8) is 0 Å². The maximum Gasteiger partial charge on any atom is 0.238 e. The Morgan fingerprint density at radius 3 is 2.85 bits per heavy atom. The fourth-order valence-corrected chi connectivity index (χ4v) is 2.94. The summed E-state index contributed by atoms with van der Waals surface area (Å²) in [5.74, 6) is 1.23. The number of rotatable bonds is 4. The monoisotopic (exact) mass is 274 g/mol. The Bertz CT molecular complexity index is 456. The highest BCUT2D eigenvalue weighted by molar-refractivity contribution is 5.93. The van der Waals surface area contributed by atoms with Gasteiger partial charge in [0.2, 0.25) is 5.91 Å². The predicted molar refractivity (Wildman–Crippen MR) is 84.0 cm³/mol. The van der Waals surface area contributed by atoms with Crippen molar-refractivity contribution < 1.29 is 4.79 Å². The van der Waals surface area contributed by atoms with Gasteiger partial charge in [-0.15, -0.1) is 0 Å². The lowest BCUT2D eigenvalue weighted by Crippen LogP contribution is -2.39. The van der Waals surface area contributed by atoms with Crippen molar-refractivity contribution in [2.24, 2.45) is 5.92 Å². The fraction of sp³-hybridized carbons (Fsp3) is 0.588. The fourth-order valence-electron chi connectivity index (χ4n) is 2.94.